The third kappa shape index (κ3) is 2.66. The van der Waals surface area contributed by atoms with E-state index in [4.69, 9.17) is 5.73 Å². The van der Waals surface area contributed by atoms with Crippen LogP contribution in [0.1, 0.15) is 31.5 Å². The summed E-state index contributed by atoms with van der Waals surface area (Å²) in [7, 11) is 0. The van der Waals surface area contributed by atoms with Crippen molar-refractivity contribution in [1.29, 1.82) is 0 Å². The van der Waals surface area contributed by atoms with Crippen molar-refractivity contribution >= 4 is 0 Å². The number of fused-ring (bicyclic) bond motifs is 1. The summed E-state index contributed by atoms with van der Waals surface area (Å²) in [5.74, 6) is 0. The molecule has 2 fully saturated rings. The fourth-order valence-electron chi connectivity index (χ4n) is 3.61. The van der Waals surface area contributed by atoms with Gasteiger partial charge in [0.25, 0.3) is 0 Å². The van der Waals surface area contributed by atoms with E-state index in [2.05, 4.69) is 33.8 Å². The number of piperazine rings is 1. The molecule has 0 amide bonds. The SMILES string of the molecule is CC(N)C(c1ccccn1)N1CCN2CCCC2C1. The van der Waals surface area contributed by atoms with Crippen LogP contribution in [0.2, 0.25) is 0 Å². The first-order valence-electron chi connectivity index (χ1n) is 7.40. The largest absolute Gasteiger partial charge is 0.326 e. The Hall–Kier alpha value is -0.970. The molecule has 19 heavy (non-hydrogen) atoms. The van der Waals surface area contributed by atoms with Gasteiger partial charge in [-0.3, -0.25) is 14.8 Å². The van der Waals surface area contributed by atoms with Gasteiger partial charge in [0.2, 0.25) is 0 Å². The molecule has 4 nitrogen and oxygen atoms in total. The van der Waals surface area contributed by atoms with Gasteiger partial charge in [-0.2, -0.15) is 0 Å². The summed E-state index contributed by atoms with van der Waals surface area (Å²) in [4.78, 5) is 9.70. The molecule has 3 rings (SSSR count). The number of nitrogens with two attached hydrogens (primary N) is 1. The quantitative estimate of drug-likeness (QED) is 0.888. The van der Waals surface area contributed by atoms with Crippen LogP contribution in [0, 0.1) is 0 Å². The van der Waals surface area contributed by atoms with Gasteiger partial charge in [0.15, 0.2) is 0 Å². The molecule has 2 aliphatic heterocycles. The molecule has 0 radical (unpaired) electrons. The molecule has 1 aromatic rings. The molecule has 0 aliphatic carbocycles. The fourth-order valence-corrected chi connectivity index (χ4v) is 3.61. The van der Waals surface area contributed by atoms with Crippen LogP contribution in [0.3, 0.4) is 0 Å². The molecule has 0 spiro atoms. The molecule has 104 valence electrons. The number of pyridine rings is 1. The highest BCUT2D eigenvalue weighted by Gasteiger charge is 2.35. The van der Waals surface area contributed by atoms with Crippen molar-refractivity contribution in [2.45, 2.75) is 37.9 Å². The van der Waals surface area contributed by atoms with Crippen LogP contribution in [-0.2, 0) is 0 Å². The van der Waals surface area contributed by atoms with Crippen LogP contribution < -0.4 is 5.73 Å². The Kier molecular flexibility index (Phi) is 3.82. The maximum atomic E-state index is 6.24. The van der Waals surface area contributed by atoms with Gasteiger partial charge in [-0.1, -0.05) is 6.07 Å². The standard InChI is InChI=1S/C15H24N4/c1-12(16)15(14-6-2-3-7-17-14)19-10-9-18-8-4-5-13(18)11-19/h2-3,6-7,12-13,15H,4-5,8-11,16H2,1H3. The second-order valence-electron chi connectivity index (χ2n) is 5.89. The molecular formula is C15H24N4. The van der Waals surface area contributed by atoms with E-state index in [1.807, 2.05) is 12.3 Å². The molecule has 2 N–H and O–H groups in total. The highest BCUT2D eigenvalue weighted by molar-refractivity contribution is 5.12. The Morgan fingerprint density at radius 1 is 1.32 bits per heavy atom. The zero-order chi connectivity index (χ0) is 13.2. The number of nitrogens with zero attached hydrogens (tertiary/aromatic N) is 3. The third-order valence-electron chi connectivity index (χ3n) is 4.50. The van der Waals surface area contributed by atoms with E-state index in [9.17, 15) is 0 Å². The summed E-state index contributed by atoms with van der Waals surface area (Å²) in [5.41, 5.74) is 7.36. The lowest BCUT2D eigenvalue weighted by molar-refractivity contribution is 0.0620. The lowest BCUT2D eigenvalue weighted by atomic mass is 10.0. The van der Waals surface area contributed by atoms with Crippen LogP contribution in [-0.4, -0.2) is 53.0 Å². The molecule has 3 atom stereocenters. The summed E-state index contributed by atoms with van der Waals surface area (Å²) >= 11 is 0. The second kappa shape index (κ2) is 5.57. The predicted molar refractivity (Wildman–Crippen MR) is 76.8 cm³/mol. The Morgan fingerprint density at radius 3 is 2.95 bits per heavy atom. The summed E-state index contributed by atoms with van der Waals surface area (Å²) < 4.78 is 0. The Labute approximate surface area is 115 Å². The smallest absolute Gasteiger partial charge is 0.0671 e. The van der Waals surface area contributed by atoms with Crippen molar-refractivity contribution in [3.63, 3.8) is 0 Å². The molecule has 0 bridgehead atoms. The molecule has 0 aromatic carbocycles. The summed E-state index contributed by atoms with van der Waals surface area (Å²) in [5, 5.41) is 0. The van der Waals surface area contributed by atoms with Gasteiger partial charge in [-0.05, 0) is 38.4 Å². The predicted octanol–water partition coefficient (Wildman–Crippen LogP) is 1.25. The van der Waals surface area contributed by atoms with Crippen molar-refractivity contribution in [3.8, 4) is 0 Å². The summed E-state index contributed by atoms with van der Waals surface area (Å²) in [6.45, 7) is 6.81. The van der Waals surface area contributed by atoms with Crippen molar-refractivity contribution in [1.82, 2.24) is 14.8 Å². The fraction of sp³-hybridized carbons (Fsp3) is 0.667. The Bertz CT molecular complexity index is 406. The van der Waals surface area contributed by atoms with Gasteiger partial charge >= 0.3 is 0 Å². The van der Waals surface area contributed by atoms with E-state index >= 15 is 0 Å². The highest BCUT2D eigenvalue weighted by atomic mass is 15.3. The minimum atomic E-state index is 0.114. The van der Waals surface area contributed by atoms with Gasteiger partial charge in [0.1, 0.15) is 0 Å². The van der Waals surface area contributed by atoms with Crippen molar-refractivity contribution in [2.75, 3.05) is 26.2 Å². The average molecular weight is 260 g/mol. The van der Waals surface area contributed by atoms with Crippen LogP contribution >= 0.6 is 0 Å². The minimum Gasteiger partial charge on any atom is -0.326 e. The zero-order valence-electron chi connectivity index (χ0n) is 11.7. The number of rotatable bonds is 3. The normalized spacial score (nSPS) is 28.0. The molecule has 0 saturated carbocycles. The first kappa shape index (κ1) is 13.0. The van der Waals surface area contributed by atoms with Crippen LogP contribution in [0.5, 0.6) is 0 Å². The van der Waals surface area contributed by atoms with Crippen LogP contribution in [0.4, 0.5) is 0 Å². The lowest BCUT2D eigenvalue weighted by Crippen LogP contribution is -2.53. The van der Waals surface area contributed by atoms with Gasteiger partial charge < -0.3 is 5.73 Å². The topological polar surface area (TPSA) is 45.4 Å². The van der Waals surface area contributed by atoms with Crippen molar-refractivity contribution < 1.29 is 0 Å². The first-order chi connectivity index (χ1) is 9.25. The lowest BCUT2D eigenvalue weighted by Gasteiger charge is -2.42. The van der Waals surface area contributed by atoms with E-state index < -0.39 is 0 Å². The average Bonchev–Trinajstić information content (AvgIpc) is 2.87. The van der Waals surface area contributed by atoms with E-state index in [0.29, 0.717) is 0 Å². The number of hydrogen-bond acceptors (Lipinski definition) is 4. The Morgan fingerprint density at radius 2 is 2.21 bits per heavy atom. The zero-order valence-corrected chi connectivity index (χ0v) is 11.7. The van der Waals surface area contributed by atoms with E-state index in [-0.39, 0.29) is 12.1 Å². The first-order valence-corrected chi connectivity index (χ1v) is 7.40. The Balaban J connectivity index is 1.77. The van der Waals surface area contributed by atoms with E-state index in [0.717, 1.165) is 24.8 Å². The summed E-state index contributed by atoms with van der Waals surface area (Å²) in [6, 6.07) is 7.24. The number of aromatic nitrogens is 1. The molecular weight excluding hydrogens is 236 g/mol. The van der Waals surface area contributed by atoms with Gasteiger partial charge in [-0.25, -0.2) is 0 Å². The summed E-state index contributed by atoms with van der Waals surface area (Å²) in [6.07, 6.45) is 4.56. The van der Waals surface area contributed by atoms with Gasteiger partial charge in [-0.15, -0.1) is 0 Å². The molecule has 2 saturated heterocycles. The molecule has 3 heterocycles. The maximum Gasteiger partial charge on any atom is 0.0671 e. The van der Waals surface area contributed by atoms with Gasteiger partial charge in [0.05, 0.1) is 11.7 Å². The van der Waals surface area contributed by atoms with Gasteiger partial charge in [0, 0.05) is 37.9 Å². The molecule has 3 unspecified atom stereocenters. The van der Waals surface area contributed by atoms with Crippen LogP contribution in [0.15, 0.2) is 24.4 Å². The van der Waals surface area contributed by atoms with Crippen molar-refractivity contribution in [3.05, 3.63) is 30.1 Å². The second-order valence-corrected chi connectivity index (χ2v) is 5.89. The highest BCUT2D eigenvalue weighted by Crippen LogP contribution is 2.28. The van der Waals surface area contributed by atoms with Crippen LogP contribution in [0.25, 0.3) is 0 Å². The maximum absolute atomic E-state index is 6.24. The molecule has 1 aromatic heterocycles. The third-order valence-corrected chi connectivity index (χ3v) is 4.50. The van der Waals surface area contributed by atoms with E-state index in [1.165, 1.54) is 25.9 Å². The van der Waals surface area contributed by atoms with E-state index in [1.54, 1.807) is 0 Å². The molecule has 2 aliphatic rings. The number of hydrogen-bond donors (Lipinski definition) is 1. The van der Waals surface area contributed by atoms with Crippen molar-refractivity contribution in [2.24, 2.45) is 5.73 Å². The minimum absolute atomic E-state index is 0.114. The monoisotopic (exact) mass is 260 g/mol. The molecule has 4 heteroatoms.